The van der Waals surface area contributed by atoms with Gasteiger partial charge in [-0.25, -0.2) is 0 Å². The Morgan fingerprint density at radius 3 is 2.78 bits per heavy atom. The maximum Gasteiger partial charge on any atom is 0.139 e. The van der Waals surface area contributed by atoms with Crippen molar-refractivity contribution in [1.82, 2.24) is 0 Å². The number of ether oxygens (including phenoxy) is 1. The molecule has 0 aliphatic heterocycles. The molecule has 0 saturated heterocycles. The average molecular weight is 290 g/mol. The number of methoxy groups -OCH3 is 1. The summed E-state index contributed by atoms with van der Waals surface area (Å²) >= 11 is 11.7. The fourth-order valence-corrected chi connectivity index (χ4v) is 2.25. The molecular formula is C13H17Cl2NO2. The first-order chi connectivity index (χ1) is 8.65. The van der Waals surface area contributed by atoms with E-state index in [1.807, 2.05) is 12.1 Å². The summed E-state index contributed by atoms with van der Waals surface area (Å²) in [5, 5.41) is 13.3. The molecule has 0 amide bonds. The lowest BCUT2D eigenvalue weighted by Gasteiger charge is -2.16. The van der Waals surface area contributed by atoms with Crippen LogP contribution in [-0.2, 0) is 0 Å². The second kappa shape index (κ2) is 6.00. The normalized spacial score (nSPS) is 16.4. The molecule has 1 aliphatic rings. The molecule has 0 bridgehead atoms. The molecule has 5 heteroatoms. The van der Waals surface area contributed by atoms with Crippen molar-refractivity contribution in [2.24, 2.45) is 0 Å². The van der Waals surface area contributed by atoms with E-state index < -0.39 is 6.10 Å². The number of hydrogen-bond acceptors (Lipinski definition) is 3. The largest absolute Gasteiger partial charge is 0.495 e. The number of anilines is 1. The Bertz CT molecular complexity index is 422. The molecule has 1 unspecified atom stereocenters. The van der Waals surface area contributed by atoms with Crippen LogP contribution in [0.15, 0.2) is 12.1 Å². The molecule has 0 radical (unpaired) electrons. The van der Waals surface area contributed by atoms with E-state index in [0.29, 0.717) is 23.2 Å². The molecule has 3 nitrogen and oxygen atoms in total. The summed E-state index contributed by atoms with van der Waals surface area (Å²) in [6, 6.07) is 3.84. The Labute approximate surface area is 117 Å². The number of alkyl halides is 1. The minimum Gasteiger partial charge on any atom is -0.495 e. The molecule has 2 N–H and O–H groups in total. The van der Waals surface area contributed by atoms with Crippen LogP contribution in [-0.4, -0.2) is 30.7 Å². The third-order valence-electron chi connectivity index (χ3n) is 3.05. The van der Waals surface area contributed by atoms with E-state index in [0.717, 1.165) is 5.69 Å². The number of benzene rings is 1. The van der Waals surface area contributed by atoms with Gasteiger partial charge in [-0.15, -0.1) is 11.6 Å². The van der Waals surface area contributed by atoms with Gasteiger partial charge in [-0.3, -0.25) is 0 Å². The lowest BCUT2D eigenvalue weighted by Crippen LogP contribution is -2.21. The number of halogens is 2. The van der Waals surface area contributed by atoms with Crippen molar-refractivity contribution in [3.05, 3.63) is 22.7 Å². The maximum atomic E-state index is 9.49. The fourth-order valence-electron chi connectivity index (χ4n) is 1.89. The van der Waals surface area contributed by atoms with Gasteiger partial charge in [0, 0.05) is 18.3 Å². The molecule has 0 heterocycles. The summed E-state index contributed by atoms with van der Waals surface area (Å²) in [6.07, 6.45) is 1.82. The fraction of sp³-hybridized carbons (Fsp3) is 0.538. The van der Waals surface area contributed by atoms with Crippen molar-refractivity contribution in [2.75, 3.05) is 24.9 Å². The zero-order valence-corrected chi connectivity index (χ0v) is 11.8. The first-order valence-corrected chi connectivity index (χ1v) is 6.92. The van der Waals surface area contributed by atoms with Gasteiger partial charge in [0.15, 0.2) is 0 Å². The summed E-state index contributed by atoms with van der Waals surface area (Å²) in [7, 11) is 1.59. The molecule has 100 valence electrons. The Kier molecular flexibility index (Phi) is 4.60. The minimum absolute atomic E-state index is 0.219. The summed E-state index contributed by atoms with van der Waals surface area (Å²) in [5.41, 5.74) is 2.17. The van der Waals surface area contributed by atoms with Crippen molar-refractivity contribution in [3.8, 4) is 5.75 Å². The zero-order chi connectivity index (χ0) is 13.1. The van der Waals surface area contributed by atoms with Gasteiger partial charge >= 0.3 is 0 Å². The van der Waals surface area contributed by atoms with E-state index in [1.165, 1.54) is 18.4 Å². The van der Waals surface area contributed by atoms with Gasteiger partial charge in [0.25, 0.3) is 0 Å². The van der Waals surface area contributed by atoms with Crippen LogP contribution < -0.4 is 10.1 Å². The SMILES string of the molecule is COc1cc(NCC(O)CCl)c(C2CC2)cc1Cl. The highest BCUT2D eigenvalue weighted by Gasteiger charge is 2.27. The Morgan fingerprint density at radius 1 is 1.50 bits per heavy atom. The maximum absolute atomic E-state index is 9.49. The van der Waals surface area contributed by atoms with Gasteiger partial charge in [0.1, 0.15) is 5.75 Å². The van der Waals surface area contributed by atoms with Gasteiger partial charge in [0.2, 0.25) is 0 Å². The van der Waals surface area contributed by atoms with Crippen molar-refractivity contribution in [1.29, 1.82) is 0 Å². The topological polar surface area (TPSA) is 41.5 Å². The van der Waals surface area contributed by atoms with Crippen molar-refractivity contribution < 1.29 is 9.84 Å². The van der Waals surface area contributed by atoms with Crippen LogP contribution in [0.1, 0.15) is 24.3 Å². The third kappa shape index (κ3) is 3.22. The number of nitrogens with one attached hydrogen (secondary N) is 1. The Balaban J connectivity index is 2.19. The van der Waals surface area contributed by atoms with Crippen molar-refractivity contribution in [2.45, 2.75) is 24.9 Å². The predicted octanol–water partition coefficient (Wildman–Crippen LogP) is 3.24. The molecule has 18 heavy (non-hydrogen) atoms. The number of hydrogen-bond donors (Lipinski definition) is 2. The molecule has 2 rings (SSSR count). The van der Waals surface area contributed by atoms with Crippen molar-refractivity contribution >= 4 is 28.9 Å². The summed E-state index contributed by atoms with van der Waals surface area (Å²) in [4.78, 5) is 0. The lowest BCUT2D eigenvalue weighted by molar-refractivity contribution is 0.211. The monoisotopic (exact) mass is 289 g/mol. The van der Waals surface area contributed by atoms with Gasteiger partial charge in [-0.1, -0.05) is 11.6 Å². The second-order valence-electron chi connectivity index (χ2n) is 4.54. The molecule has 1 aliphatic carbocycles. The van der Waals surface area contributed by atoms with Gasteiger partial charge in [0.05, 0.1) is 24.1 Å². The minimum atomic E-state index is -0.555. The van der Waals surface area contributed by atoms with Crippen molar-refractivity contribution in [3.63, 3.8) is 0 Å². The van der Waals surface area contributed by atoms with E-state index in [1.54, 1.807) is 7.11 Å². The molecule has 1 aromatic rings. The van der Waals surface area contributed by atoms with E-state index in [2.05, 4.69) is 5.32 Å². The van der Waals surface area contributed by atoms with Crippen LogP contribution >= 0.6 is 23.2 Å². The molecule has 1 fully saturated rings. The Morgan fingerprint density at radius 2 is 2.22 bits per heavy atom. The molecule has 1 saturated carbocycles. The van der Waals surface area contributed by atoms with Crippen LogP contribution in [0, 0.1) is 0 Å². The molecule has 1 atom stereocenters. The quantitative estimate of drug-likeness (QED) is 0.790. The Hall–Kier alpha value is -0.640. The summed E-state index contributed by atoms with van der Waals surface area (Å²) in [6.45, 7) is 0.425. The molecule has 0 aromatic heterocycles. The van der Waals surface area contributed by atoms with E-state index >= 15 is 0 Å². The van der Waals surface area contributed by atoms with Crippen LogP contribution in [0.4, 0.5) is 5.69 Å². The summed E-state index contributed by atoms with van der Waals surface area (Å²) in [5.74, 6) is 1.43. The molecule has 1 aromatic carbocycles. The first-order valence-electron chi connectivity index (χ1n) is 6.01. The van der Waals surface area contributed by atoms with E-state index in [-0.39, 0.29) is 5.88 Å². The number of aliphatic hydroxyl groups is 1. The highest BCUT2D eigenvalue weighted by Crippen LogP contribution is 2.46. The van der Waals surface area contributed by atoms with Gasteiger partial charge in [-0.2, -0.15) is 0 Å². The predicted molar refractivity (Wildman–Crippen MR) is 75.2 cm³/mol. The molecular weight excluding hydrogens is 273 g/mol. The first kappa shape index (κ1) is 13.8. The lowest BCUT2D eigenvalue weighted by atomic mass is 10.1. The third-order valence-corrected chi connectivity index (χ3v) is 3.70. The highest BCUT2D eigenvalue weighted by atomic mass is 35.5. The number of rotatable bonds is 6. The summed E-state index contributed by atoms with van der Waals surface area (Å²) < 4.78 is 5.21. The van der Waals surface area contributed by atoms with Gasteiger partial charge < -0.3 is 15.2 Å². The highest BCUT2D eigenvalue weighted by molar-refractivity contribution is 6.32. The second-order valence-corrected chi connectivity index (χ2v) is 5.25. The van der Waals surface area contributed by atoms with Crippen LogP contribution in [0.5, 0.6) is 5.75 Å². The smallest absolute Gasteiger partial charge is 0.139 e. The standard InChI is InChI=1S/C13H17Cl2NO2/c1-18-13-5-12(16-7-9(17)6-14)10(4-11(13)15)8-2-3-8/h4-5,8-9,16-17H,2-3,6-7H2,1H3. The van der Waals surface area contributed by atoms with Crippen LogP contribution in [0.25, 0.3) is 0 Å². The van der Waals surface area contributed by atoms with E-state index in [4.69, 9.17) is 27.9 Å². The average Bonchev–Trinajstić information content (AvgIpc) is 3.20. The number of aliphatic hydroxyl groups excluding tert-OH is 1. The zero-order valence-electron chi connectivity index (χ0n) is 10.2. The van der Waals surface area contributed by atoms with E-state index in [9.17, 15) is 5.11 Å². The van der Waals surface area contributed by atoms with Crippen LogP contribution in [0.2, 0.25) is 5.02 Å². The van der Waals surface area contributed by atoms with Gasteiger partial charge in [-0.05, 0) is 30.4 Å². The molecule has 0 spiro atoms. The van der Waals surface area contributed by atoms with Crippen LogP contribution in [0.3, 0.4) is 0 Å².